The average molecular weight is 287 g/mol. The second-order valence-electron chi connectivity index (χ2n) is 3.53. The van der Waals surface area contributed by atoms with Gasteiger partial charge in [-0.2, -0.15) is 0 Å². The highest BCUT2D eigenvalue weighted by Crippen LogP contribution is 2.16. The van der Waals surface area contributed by atoms with Crippen LogP contribution in [0.25, 0.3) is 0 Å². The minimum Gasteiger partial charge on any atom is -0.444 e. The minimum atomic E-state index is -0.247. The maximum Gasteiger partial charge on any atom is 0.290 e. The van der Waals surface area contributed by atoms with Crippen molar-refractivity contribution in [2.45, 2.75) is 6.42 Å². The van der Waals surface area contributed by atoms with Crippen LogP contribution < -0.4 is 5.32 Å². The molecule has 0 bridgehead atoms. The number of nitrogens with zero attached hydrogens (tertiary/aromatic N) is 1. The lowest BCUT2D eigenvalue weighted by atomic mass is 10.3. The Morgan fingerprint density at radius 1 is 1.50 bits per heavy atom. The Morgan fingerprint density at radius 3 is 3.00 bits per heavy atom. The van der Waals surface area contributed by atoms with Crippen molar-refractivity contribution < 1.29 is 14.0 Å². The van der Waals surface area contributed by atoms with Gasteiger partial charge in [0.2, 0.25) is 5.91 Å². The number of hydrogen-bond donors (Lipinski definition) is 1. The molecule has 0 radical (unpaired) electrons. The molecule has 1 aromatic heterocycles. The number of carbonyl (C=O) groups is 2. The van der Waals surface area contributed by atoms with Crippen molar-refractivity contribution in [2.75, 3.05) is 19.6 Å². The number of hydrogen-bond acceptors (Lipinski definition) is 3. The Morgan fingerprint density at radius 2 is 2.31 bits per heavy atom. The molecule has 1 N–H and O–H groups in total. The normalized spacial score (nSPS) is 16.8. The molecule has 0 aromatic carbocycles. The molecule has 16 heavy (non-hydrogen) atoms. The molecule has 1 aliphatic rings. The first-order chi connectivity index (χ1) is 7.66. The molecule has 1 aromatic rings. The van der Waals surface area contributed by atoms with Gasteiger partial charge in [-0.1, -0.05) is 0 Å². The molecular formula is C10H11BrN2O3. The van der Waals surface area contributed by atoms with Crippen LogP contribution in [0.15, 0.2) is 21.2 Å². The zero-order valence-electron chi connectivity index (χ0n) is 8.53. The van der Waals surface area contributed by atoms with Gasteiger partial charge in [0.1, 0.15) is 0 Å². The van der Waals surface area contributed by atoms with E-state index in [1.54, 1.807) is 12.1 Å². The van der Waals surface area contributed by atoms with E-state index >= 15 is 0 Å². The molecule has 5 nitrogen and oxygen atoms in total. The zero-order valence-corrected chi connectivity index (χ0v) is 10.1. The summed E-state index contributed by atoms with van der Waals surface area (Å²) >= 11 is 3.14. The van der Waals surface area contributed by atoms with Gasteiger partial charge in [-0.05, 0) is 34.5 Å². The Hall–Kier alpha value is -1.30. The average Bonchev–Trinajstić information content (AvgIpc) is 2.56. The van der Waals surface area contributed by atoms with Gasteiger partial charge in [-0.3, -0.25) is 9.59 Å². The third-order valence-electron chi connectivity index (χ3n) is 2.33. The van der Waals surface area contributed by atoms with Gasteiger partial charge in [0, 0.05) is 13.1 Å². The molecule has 2 amide bonds. The lowest BCUT2D eigenvalue weighted by Gasteiger charge is -2.17. The van der Waals surface area contributed by atoms with Gasteiger partial charge in [-0.15, -0.1) is 0 Å². The SMILES string of the molecule is O=C1CN(C(=O)c2ccc(Br)o2)CCCN1. The number of nitrogens with one attached hydrogen (secondary N) is 1. The van der Waals surface area contributed by atoms with E-state index in [1.807, 2.05) is 0 Å². The molecule has 0 unspecified atom stereocenters. The summed E-state index contributed by atoms with van der Waals surface area (Å²) in [6, 6.07) is 3.25. The van der Waals surface area contributed by atoms with Gasteiger partial charge >= 0.3 is 0 Å². The summed E-state index contributed by atoms with van der Waals surface area (Å²) in [4.78, 5) is 24.7. The fraction of sp³-hybridized carbons (Fsp3) is 0.400. The number of rotatable bonds is 1. The van der Waals surface area contributed by atoms with Crippen LogP contribution in [0.5, 0.6) is 0 Å². The Bertz CT molecular complexity index is 416. The van der Waals surface area contributed by atoms with Crippen molar-refractivity contribution in [3.05, 3.63) is 22.6 Å². The molecule has 0 aliphatic carbocycles. The maximum atomic E-state index is 11.9. The van der Waals surface area contributed by atoms with Crippen LogP contribution in [0.3, 0.4) is 0 Å². The molecule has 2 heterocycles. The highest BCUT2D eigenvalue weighted by Gasteiger charge is 2.22. The molecule has 0 atom stereocenters. The molecule has 2 rings (SSSR count). The largest absolute Gasteiger partial charge is 0.444 e. The first kappa shape index (κ1) is 11.2. The van der Waals surface area contributed by atoms with E-state index < -0.39 is 0 Å². The summed E-state index contributed by atoms with van der Waals surface area (Å²) < 4.78 is 5.68. The second-order valence-corrected chi connectivity index (χ2v) is 4.32. The van der Waals surface area contributed by atoms with Gasteiger partial charge in [-0.25, -0.2) is 0 Å². The Kier molecular flexibility index (Phi) is 3.28. The van der Waals surface area contributed by atoms with E-state index in [-0.39, 0.29) is 24.1 Å². The number of carbonyl (C=O) groups excluding carboxylic acids is 2. The number of furan rings is 1. The van der Waals surface area contributed by atoms with Crippen LogP contribution in [0.2, 0.25) is 0 Å². The van der Waals surface area contributed by atoms with Crippen LogP contribution in [0.4, 0.5) is 0 Å². The second kappa shape index (κ2) is 4.69. The molecular weight excluding hydrogens is 276 g/mol. The predicted molar refractivity (Wildman–Crippen MR) is 59.9 cm³/mol. The number of halogens is 1. The number of amides is 2. The fourth-order valence-electron chi connectivity index (χ4n) is 1.56. The summed E-state index contributed by atoms with van der Waals surface area (Å²) in [6.07, 6.45) is 0.763. The Balaban J connectivity index is 2.11. The minimum absolute atomic E-state index is 0.0944. The topological polar surface area (TPSA) is 62.6 Å². The van der Waals surface area contributed by atoms with E-state index in [9.17, 15) is 9.59 Å². The highest BCUT2D eigenvalue weighted by molar-refractivity contribution is 9.10. The van der Waals surface area contributed by atoms with E-state index in [1.165, 1.54) is 4.90 Å². The van der Waals surface area contributed by atoms with Crippen molar-refractivity contribution in [3.63, 3.8) is 0 Å². The molecule has 6 heteroatoms. The molecule has 1 aliphatic heterocycles. The molecule has 1 saturated heterocycles. The smallest absolute Gasteiger partial charge is 0.290 e. The molecule has 86 valence electrons. The van der Waals surface area contributed by atoms with E-state index in [0.29, 0.717) is 17.8 Å². The predicted octanol–water partition coefficient (Wildman–Crippen LogP) is 1.00. The lowest BCUT2D eigenvalue weighted by Crippen LogP contribution is -2.37. The zero-order chi connectivity index (χ0) is 11.5. The standard InChI is InChI=1S/C10H11BrN2O3/c11-8-3-2-7(16-8)10(15)13-5-1-4-12-9(14)6-13/h2-3H,1,4-6H2,(H,12,14). The maximum absolute atomic E-state index is 11.9. The van der Waals surface area contributed by atoms with Crippen molar-refractivity contribution >= 4 is 27.7 Å². The van der Waals surface area contributed by atoms with Crippen LogP contribution >= 0.6 is 15.9 Å². The molecule has 0 saturated carbocycles. The van der Waals surface area contributed by atoms with Gasteiger partial charge in [0.25, 0.3) is 5.91 Å². The van der Waals surface area contributed by atoms with E-state index in [4.69, 9.17) is 4.42 Å². The third-order valence-corrected chi connectivity index (χ3v) is 2.76. The highest BCUT2D eigenvalue weighted by atomic mass is 79.9. The van der Waals surface area contributed by atoms with Crippen molar-refractivity contribution in [1.82, 2.24) is 10.2 Å². The first-order valence-corrected chi connectivity index (χ1v) is 5.77. The van der Waals surface area contributed by atoms with Gasteiger partial charge < -0.3 is 14.6 Å². The fourth-order valence-corrected chi connectivity index (χ4v) is 1.87. The van der Waals surface area contributed by atoms with Crippen molar-refractivity contribution in [2.24, 2.45) is 0 Å². The third kappa shape index (κ3) is 2.44. The first-order valence-electron chi connectivity index (χ1n) is 4.98. The van der Waals surface area contributed by atoms with Crippen LogP contribution in [0, 0.1) is 0 Å². The summed E-state index contributed by atoms with van der Waals surface area (Å²) in [5, 5.41) is 2.71. The van der Waals surface area contributed by atoms with Gasteiger partial charge in [0.05, 0.1) is 6.54 Å². The summed E-state index contributed by atoms with van der Waals surface area (Å²) in [6.45, 7) is 1.28. The lowest BCUT2D eigenvalue weighted by molar-refractivity contribution is -0.121. The van der Waals surface area contributed by atoms with Crippen LogP contribution in [-0.4, -0.2) is 36.3 Å². The molecule has 1 fully saturated rings. The van der Waals surface area contributed by atoms with Crippen LogP contribution in [0.1, 0.15) is 17.0 Å². The van der Waals surface area contributed by atoms with E-state index in [0.717, 1.165) is 6.42 Å². The summed E-state index contributed by atoms with van der Waals surface area (Å²) in [5.41, 5.74) is 0. The van der Waals surface area contributed by atoms with Gasteiger partial charge in [0.15, 0.2) is 10.4 Å². The Labute approximate surface area is 101 Å². The quantitative estimate of drug-likeness (QED) is 0.838. The summed E-state index contributed by atoms with van der Waals surface area (Å²) in [7, 11) is 0. The van der Waals surface area contributed by atoms with E-state index in [2.05, 4.69) is 21.2 Å². The van der Waals surface area contributed by atoms with Crippen molar-refractivity contribution in [1.29, 1.82) is 0 Å². The van der Waals surface area contributed by atoms with Crippen molar-refractivity contribution in [3.8, 4) is 0 Å². The van der Waals surface area contributed by atoms with Crippen LogP contribution in [-0.2, 0) is 4.79 Å². The monoisotopic (exact) mass is 286 g/mol. The molecule has 0 spiro atoms. The summed E-state index contributed by atoms with van der Waals surface area (Å²) in [5.74, 6) is -0.124.